The predicted molar refractivity (Wildman–Crippen MR) is 80.1 cm³/mol. The molecule has 1 amide bonds. The molecule has 2 N–H and O–H groups in total. The molecule has 1 heterocycles. The van der Waals surface area contributed by atoms with Gasteiger partial charge in [-0.1, -0.05) is 6.07 Å². The Morgan fingerprint density at radius 3 is 2.30 bits per heavy atom. The minimum absolute atomic E-state index is 0.0753. The van der Waals surface area contributed by atoms with Crippen LogP contribution in [-0.2, 0) is 9.53 Å². The number of anilines is 1. The number of hydrogen-bond acceptors (Lipinski definition) is 2. The summed E-state index contributed by atoms with van der Waals surface area (Å²) in [7, 11) is 0. The van der Waals surface area contributed by atoms with E-state index < -0.39 is 0 Å². The monoisotopic (exact) mass is 277 g/mol. The summed E-state index contributed by atoms with van der Waals surface area (Å²) in [6.45, 7) is 10.5. The Morgan fingerprint density at radius 1 is 1.20 bits per heavy atom. The number of benzene rings is 1. The van der Waals surface area contributed by atoms with Gasteiger partial charge in [0.15, 0.2) is 6.54 Å². The Hall–Kier alpha value is -1.39. The van der Waals surface area contributed by atoms with E-state index in [1.165, 1.54) is 16.0 Å². The molecule has 0 radical (unpaired) electrons. The third kappa shape index (κ3) is 4.32. The predicted octanol–water partition coefficient (Wildman–Crippen LogP) is 0.934. The minimum Gasteiger partial charge on any atom is -0.364 e. The van der Waals surface area contributed by atoms with Crippen molar-refractivity contribution in [2.75, 3.05) is 25.0 Å². The molecule has 4 nitrogen and oxygen atoms in total. The number of rotatable bonds is 3. The van der Waals surface area contributed by atoms with Gasteiger partial charge in [0.2, 0.25) is 0 Å². The molecule has 0 aromatic heterocycles. The lowest BCUT2D eigenvalue weighted by Crippen LogP contribution is -3.16. The molecule has 0 unspecified atom stereocenters. The van der Waals surface area contributed by atoms with Gasteiger partial charge >= 0.3 is 0 Å². The van der Waals surface area contributed by atoms with Gasteiger partial charge in [-0.05, 0) is 51.0 Å². The summed E-state index contributed by atoms with van der Waals surface area (Å²) in [5, 5.41) is 3.00. The maximum Gasteiger partial charge on any atom is 0.279 e. The van der Waals surface area contributed by atoms with E-state index >= 15 is 0 Å². The molecule has 4 heteroatoms. The molecule has 2 atom stereocenters. The Bertz CT molecular complexity index is 457. The van der Waals surface area contributed by atoms with Crippen LogP contribution in [0.1, 0.15) is 25.0 Å². The number of carbonyl (C=O) groups excluding carboxylic acids is 1. The molecule has 0 aliphatic carbocycles. The van der Waals surface area contributed by atoms with Crippen LogP contribution in [-0.4, -0.2) is 37.7 Å². The molecule has 0 saturated carbocycles. The standard InChI is InChI=1S/C16H24N2O2/c1-11-5-12(2)7-15(6-11)17-16(19)10-18-8-13(3)20-14(4)9-18/h5-7,13-14H,8-10H2,1-4H3,(H,17,19)/p+1/t13-,14-/m1/s1. The van der Waals surface area contributed by atoms with Crippen LogP contribution in [0.15, 0.2) is 18.2 Å². The van der Waals surface area contributed by atoms with Gasteiger partial charge in [0, 0.05) is 5.69 Å². The van der Waals surface area contributed by atoms with E-state index in [-0.39, 0.29) is 18.1 Å². The van der Waals surface area contributed by atoms with Gasteiger partial charge in [-0.3, -0.25) is 4.79 Å². The van der Waals surface area contributed by atoms with E-state index in [0.717, 1.165) is 18.8 Å². The molecule has 1 fully saturated rings. The third-order valence-electron chi connectivity index (χ3n) is 3.53. The summed E-state index contributed by atoms with van der Waals surface area (Å²) >= 11 is 0. The number of morpholine rings is 1. The molecule has 0 spiro atoms. The molecule has 1 aromatic carbocycles. The minimum atomic E-state index is 0.0753. The van der Waals surface area contributed by atoms with Crippen molar-refractivity contribution in [3.8, 4) is 0 Å². The van der Waals surface area contributed by atoms with E-state index in [1.54, 1.807) is 0 Å². The summed E-state index contributed by atoms with van der Waals surface area (Å²) in [6, 6.07) is 6.11. The lowest BCUT2D eigenvalue weighted by atomic mass is 10.1. The zero-order valence-corrected chi connectivity index (χ0v) is 12.8. The lowest BCUT2D eigenvalue weighted by Gasteiger charge is -2.31. The number of quaternary nitrogens is 1. The largest absolute Gasteiger partial charge is 0.364 e. The van der Waals surface area contributed by atoms with E-state index in [2.05, 4.69) is 25.2 Å². The van der Waals surface area contributed by atoms with Gasteiger partial charge in [0.25, 0.3) is 5.91 Å². The molecule has 1 aromatic rings. The van der Waals surface area contributed by atoms with Crippen molar-refractivity contribution in [2.24, 2.45) is 0 Å². The van der Waals surface area contributed by atoms with E-state index in [1.807, 2.05) is 26.0 Å². The molecule has 1 aliphatic rings. The zero-order valence-electron chi connectivity index (χ0n) is 12.8. The van der Waals surface area contributed by atoms with Crippen molar-refractivity contribution in [3.05, 3.63) is 29.3 Å². The van der Waals surface area contributed by atoms with Crippen molar-refractivity contribution in [1.29, 1.82) is 0 Å². The SMILES string of the molecule is Cc1cc(C)cc(NC(=O)C[NH+]2C[C@@H](C)O[C@H](C)C2)c1. The number of hydrogen-bond donors (Lipinski definition) is 2. The molecular formula is C16H25N2O2+. The summed E-state index contributed by atoms with van der Waals surface area (Å²) < 4.78 is 5.70. The molecule has 110 valence electrons. The molecule has 2 rings (SSSR count). The topological polar surface area (TPSA) is 42.8 Å². The average Bonchev–Trinajstić information content (AvgIpc) is 2.24. The van der Waals surface area contributed by atoms with Crippen molar-refractivity contribution in [3.63, 3.8) is 0 Å². The van der Waals surface area contributed by atoms with E-state index in [0.29, 0.717) is 6.54 Å². The van der Waals surface area contributed by atoms with Gasteiger partial charge in [-0.2, -0.15) is 0 Å². The Kier molecular flexibility index (Phi) is 4.78. The lowest BCUT2D eigenvalue weighted by molar-refractivity contribution is -0.907. The summed E-state index contributed by atoms with van der Waals surface area (Å²) in [5.41, 5.74) is 3.23. The first kappa shape index (κ1) is 15.0. The first-order valence-corrected chi connectivity index (χ1v) is 7.29. The van der Waals surface area contributed by atoms with Crippen LogP contribution in [0.3, 0.4) is 0 Å². The highest BCUT2D eigenvalue weighted by Gasteiger charge is 2.27. The average molecular weight is 277 g/mol. The number of ether oxygens (including phenoxy) is 1. The second-order valence-electron chi connectivity index (χ2n) is 6.02. The van der Waals surface area contributed by atoms with Gasteiger partial charge in [-0.15, -0.1) is 0 Å². The fourth-order valence-electron chi connectivity index (χ4n) is 3.01. The van der Waals surface area contributed by atoms with Crippen LogP contribution in [0.25, 0.3) is 0 Å². The van der Waals surface area contributed by atoms with Crippen LogP contribution < -0.4 is 10.2 Å². The molecule has 20 heavy (non-hydrogen) atoms. The van der Waals surface area contributed by atoms with E-state index in [4.69, 9.17) is 4.74 Å². The van der Waals surface area contributed by atoms with Gasteiger partial charge in [0.1, 0.15) is 25.3 Å². The van der Waals surface area contributed by atoms with Crippen LogP contribution in [0.2, 0.25) is 0 Å². The molecule has 1 saturated heterocycles. The number of amides is 1. The Balaban J connectivity index is 1.92. The first-order valence-electron chi connectivity index (χ1n) is 7.29. The van der Waals surface area contributed by atoms with Gasteiger partial charge < -0.3 is 15.0 Å². The van der Waals surface area contributed by atoms with Gasteiger partial charge in [-0.25, -0.2) is 0 Å². The molecule has 1 aliphatic heterocycles. The first-order chi connectivity index (χ1) is 9.42. The summed E-state index contributed by atoms with van der Waals surface area (Å²) in [6.07, 6.45) is 0.450. The Morgan fingerprint density at radius 2 is 1.75 bits per heavy atom. The number of carbonyl (C=O) groups is 1. The van der Waals surface area contributed by atoms with Crippen molar-refractivity contribution in [2.45, 2.75) is 39.9 Å². The maximum atomic E-state index is 12.1. The normalized spacial score (nSPS) is 26.3. The van der Waals surface area contributed by atoms with Crippen LogP contribution in [0, 0.1) is 13.8 Å². The highest BCUT2D eigenvalue weighted by atomic mass is 16.5. The van der Waals surface area contributed by atoms with Crippen LogP contribution in [0.4, 0.5) is 5.69 Å². The van der Waals surface area contributed by atoms with Crippen molar-refractivity contribution < 1.29 is 14.4 Å². The smallest absolute Gasteiger partial charge is 0.279 e. The van der Waals surface area contributed by atoms with Gasteiger partial charge in [0.05, 0.1) is 0 Å². The molecule has 0 bridgehead atoms. The number of nitrogens with one attached hydrogen (secondary N) is 2. The van der Waals surface area contributed by atoms with Crippen LogP contribution >= 0.6 is 0 Å². The molecular weight excluding hydrogens is 252 g/mol. The zero-order chi connectivity index (χ0) is 14.7. The fraction of sp³-hybridized carbons (Fsp3) is 0.562. The summed E-state index contributed by atoms with van der Waals surface area (Å²) in [4.78, 5) is 13.4. The quantitative estimate of drug-likeness (QED) is 0.863. The van der Waals surface area contributed by atoms with Crippen LogP contribution in [0.5, 0.6) is 0 Å². The second-order valence-corrected chi connectivity index (χ2v) is 6.02. The van der Waals surface area contributed by atoms with Crippen molar-refractivity contribution >= 4 is 11.6 Å². The number of aryl methyl sites for hydroxylation is 2. The Labute approximate surface area is 121 Å². The third-order valence-corrected chi connectivity index (χ3v) is 3.53. The highest BCUT2D eigenvalue weighted by Crippen LogP contribution is 2.13. The summed E-state index contributed by atoms with van der Waals surface area (Å²) in [5.74, 6) is 0.0753. The fourth-order valence-corrected chi connectivity index (χ4v) is 3.01. The van der Waals surface area contributed by atoms with Crippen molar-refractivity contribution in [1.82, 2.24) is 0 Å². The van der Waals surface area contributed by atoms with E-state index in [9.17, 15) is 4.79 Å². The maximum absolute atomic E-state index is 12.1. The second kappa shape index (κ2) is 6.37. The highest BCUT2D eigenvalue weighted by molar-refractivity contribution is 5.91.